The Hall–Kier alpha value is -1.66. The van der Waals surface area contributed by atoms with Gasteiger partial charge in [-0.2, -0.15) is 5.10 Å². The second kappa shape index (κ2) is 4.55. The van der Waals surface area contributed by atoms with Gasteiger partial charge in [-0.25, -0.2) is 17.8 Å². The number of hydrogen-bond donors (Lipinski definition) is 1. The summed E-state index contributed by atoms with van der Waals surface area (Å²) < 4.78 is 27.5. The SMILES string of the molecule is CNS(=O)(=O)c1ccnn1-c1ccc(C)cc1C. The van der Waals surface area contributed by atoms with Gasteiger partial charge in [-0.15, -0.1) is 0 Å². The van der Waals surface area contributed by atoms with E-state index in [1.807, 2.05) is 32.0 Å². The molecule has 1 aromatic carbocycles. The zero-order valence-corrected chi connectivity index (χ0v) is 11.3. The molecule has 0 bridgehead atoms. The fourth-order valence-electron chi connectivity index (χ4n) is 1.82. The normalized spacial score (nSPS) is 11.7. The first-order valence-electron chi connectivity index (χ1n) is 5.51. The maximum absolute atomic E-state index is 11.9. The molecule has 0 aliphatic heterocycles. The van der Waals surface area contributed by atoms with Crippen molar-refractivity contribution in [3.8, 4) is 5.69 Å². The van der Waals surface area contributed by atoms with E-state index in [9.17, 15) is 8.42 Å². The number of benzene rings is 1. The molecule has 1 aromatic heterocycles. The topological polar surface area (TPSA) is 64.0 Å². The second-order valence-electron chi connectivity index (χ2n) is 4.08. The molecule has 2 rings (SSSR count). The maximum Gasteiger partial charge on any atom is 0.257 e. The molecular formula is C12H15N3O2S. The van der Waals surface area contributed by atoms with Crippen molar-refractivity contribution in [2.24, 2.45) is 0 Å². The van der Waals surface area contributed by atoms with Crippen LogP contribution in [-0.4, -0.2) is 25.2 Å². The van der Waals surface area contributed by atoms with Crippen molar-refractivity contribution in [1.82, 2.24) is 14.5 Å². The fraction of sp³-hybridized carbons (Fsp3) is 0.250. The van der Waals surface area contributed by atoms with E-state index >= 15 is 0 Å². The average molecular weight is 265 g/mol. The third-order valence-corrected chi connectivity index (χ3v) is 4.13. The number of rotatable bonds is 3. The van der Waals surface area contributed by atoms with Crippen LogP contribution in [0.1, 0.15) is 11.1 Å². The lowest BCUT2D eigenvalue weighted by atomic mass is 10.1. The number of sulfonamides is 1. The molecule has 5 nitrogen and oxygen atoms in total. The first-order valence-corrected chi connectivity index (χ1v) is 6.99. The molecule has 0 spiro atoms. The van der Waals surface area contributed by atoms with Gasteiger partial charge in [-0.3, -0.25) is 0 Å². The minimum absolute atomic E-state index is 0.136. The number of aryl methyl sites for hydroxylation is 2. The van der Waals surface area contributed by atoms with Crippen LogP contribution in [0.15, 0.2) is 35.5 Å². The number of nitrogens with one attached hydrogen (secondary N) is 1. The predicted molar refractivity (Wildman–Crippen MR) is 69.3 cm³/mol. The number of hydrogen-bond acceptors (Lipinski definition) is 3. The van der Waals surface area contributed by atoms with Crippen LogP contribution < -0.4 is 4.72 Å². The van der Waals surface area contributed by atoms with Gasteiger partial charge in [0.1, 0.15) is 0 Å². The lowest BCUT2D eigenvalue weighted by Crippen LogP contribution is -2.22. The number of aromatic nitrogens is 2. The van der Waals surface area contributed by atoms with E-state index in [0.29, 0.717) is 0 Å². The van der Waals surface area contributed by atoms with E-state index < -0.39 is 10.0 Å². The monoisotopic (exact) mass is 265 g/mol. The van der Waals surface area contributed by atoms with Crippen LogP contribution in [0.3, 0.4) is 0 Å². The summed E-state index contributed by atoms with van der Waals surface area (Å²) in [4.78, 5) is 0. The van der Waals surface area contributed by atoms with Gasteiger partial charge < -0.3 is 0 Å². The summed E-state index contributed by atoms with van der Waals surface area (Å²) >= 11 is 0. The molecule has 0 saturated carbocycles. The summed E-state index contributed by atoms with van der Waals surface area (Å²) in [5.74, 6) is 0. The predicted octanol–water partition coefficient (Wildman–Crippen LogP) is 1.40. The van der Waals surface area contributed by atoms with E-state index in [4.69, 9.17) is 0 Å². The van der Waals surface area contributed by atoms with Crippen LogP contribution in [0.2, 0.25) is 0 Å². The van der Waals surface area contributed by atoms with Gasteiger partial charge in [0.15, 0.2) is 5.03 Å². The zero-order chi connectivity index (χ0) is 13.3. The standard InChI is InChI=1S/C12H15N3O2S/c1-9-4-5-11(10(2)8-9)15-12(6-7-14-15)18(16,17)13-3/h4-8,13H,1-3H3. The second-order valence-corrected chi connectivity index (χ2v) is 5.91. The highest BCUT2D eigenvalue weighted by molar-refractivity contribution is 7.89. The summed E-state index contributed by atoms with van der Waals surface area (Å²) in [6.07, 6.45) is 1.48. The molecule has 0 saturated heterocycles. The van der Waals surface area contributed by atoms with Crippen molar-refractivity contribution in [3.05, 3.63) is 41.6 Å². The van der Waals surface area contributed by atoms with Crippen LogP contribution in [0.25, 0.3) is 5.69 Å². The summed E-state index contributed by atoms with van der Waals surface area (Å²) in [6, 6.07) is 7.27. The molecule has 0 fully saturated rings. The van der Waals surface area contributed by atoms with Gasteiger partial charge in [0.05, 0.1) is 11.9 Å². The summed E-state index contributed by atoms with van der Waals surface area (Å²) in [7, 11) is -2.13. The van der Waals surface area contributed by atoms with Crippen molar-refractivity contribution in [2.45, 2.75) is 18.9 Å². The minimum Gasteiger partial charge on any atom is -0.220 e. The smallest absolute Gasteiger partial charge is 0.220 e. The maximum atomic E-state index is 11.9. The van der Waals surface area contributed by atoms with Crippen molar-refractivity contribution >= 4 is 10.0 Å². The largest absolute Gasteiger partial charge is 0.257 e. The first kappa shape index (κ1) is 12.8. The van der Waals surface area contributed by atoms with E-state index in [2.05, 4.69) is 9.82 Å². The Balaban J connectivity index is 2.63. The molecule has 1 N–H and O–H groups in total. The molecule has 6 heteroatoms. The van der Waals surface area contributed by atoms with Gasteiger partial charge in [-0.1, -0.05) is 17.7 Å². The van der Waals surface area contributed by atoms with Gasteiger partial charge in [0.25, 0.3) is 10.0 Å². The molecule has 0 unspecified atom stereocenters. The van der Waals surface area contributed by atoms with Crippen LogP contribution >= 0.6 is 0 Å². The van der Waals surface area contributed by atoms with Crippen molar-refractivity contribution < 1.29 is 8.42 Å². The quantitative estimate of drug-likeness (QED) is 0.912. The van der Waals surface area contributed by atoms with E-state index in [-0.39, 0.29) is 5.03 Å². The van der Waals surface area contributed by atoms with Gasteiger partial charge in [0, 0.05) is 0 Å². The van der Waals surface area contributed by atoms with E-state index in [1.54, 1.807) is 0 Å². The first-order chi connectivity index (χ1) is 8.45. The third-order valence-electron chi connectivity index (χ3n) is 2.73. The van der Waals surface area contributed by atoms with E-state index in [0.717, 1.165) is 16.8 Å². The molecule has 0 aliphatic carbocycles. The highest BCUT2D eigenvalue weighted by Gasteiger charge is 2.19. The Bertz CT molecular complexity index is 674. The van der Waals surface area contributed by atoms with Crippen molar-refractivity contribution in [1.29, 1.82) is 0 Å². The molecule has 0 atom stereocenters. The Morgan fingerprint density at radius 3 is 2.56 bits per heavy atom. The Labute approximate surface area is 107 Å². The molecule has 0 radical (unpaired) electrons. The van der Waals surface area contributed by atoms with Gasteiger partial charge in [0.2, 0.25) is 0 Å². The molecule has 2 aromatic rings. The zero-order valence-electron chi connectivity index (χ0n) is 10.5. The lowest BCUT2D eigenvalue weighted by molar-refractivity contribution is 0.578. The highest BCUT2D eigenvalue weighted by Crippen LogP contribution is 2.19. The summed E-state index contributed by atoms with van der Waals surface area (Å²) in [6.45, 7) is 3.92. The molecule has 96 valence electrons. The third kappa shape index (κ3) is 2.16. The van der Waals surface area contributed by atoms with Crippen LogP contribution in [-0.2, 0) is 10.0 Å². The molecule has 18 heavy (non-hydrogen) atoms. The molecule has 1 heterocycles. The van der Waals surface area contributed by atoms with Crippen molar-refractivity contribution in [2.75, 3.05) is 7.05 Å². The van der Waals surface area contributed by atoms with Gasteiger partial charge >= 0.3 is 0 Å². The van der Waals surface area contributed by atoms with Crippen LogP contribution in [0, 0.1) is 13.8 Å². The molecule has 0 aliphatic rings. The summed E-state index contributed by atoms with van der Waals surface area (Å²) in [5.41, 5.74) is 2.87. The minimum atomic E-state index is -3.51. The van der Waals surface area contributed by atoms with Crippen molar-refractivity contribution in [3.63, 3.8) is 0 Å². The Morgan fingerprint density at radius 2 is 1.94 bits per heavy atom. The van der Waals surface area contributed by atoms with Crippen LogP contribution in [0.4, 0.5) is 0 Å². The fourth-order valence-corrected chi connectivity index (χ4v) is 2.65. The average Bonchev–Trinajstić information content (AvgIpc) is 2.78. The lowest BCUT2D eigenvalue weighted by Gasteiger charge is -2.10. The summed E-state index contributed by atoms with van der Waals surface area (Å²) in [5, 5.41) is 4.22. The molecular weight excluding hydrogens is 250 g/mol. The van der Waals surface area contributed by atoms with Gasteiger partial charge in [-0.05, 0) is 38.6 Å². The van der Waals surface area contributed by atoms with Crippen LogP contribution in [0.5, 0.6) is 0 Å². The number of nitrogens with zero attached hydrogens (tertiary/aromatic N) is 2. The Kier molecular flexibility index (Phi) is 3.23. The van der Waals surface area contributed by atoms with E-state index in [1.165, 1.54) is 24.0 Å². The Morgan fingerprint density at radius 1 is 1.22 bits per heavy atom. The highest BCUT2D eigenvalue weighted by atomic mass is 32.2. The molecule has 0 amide bonds.